The normalized spacial score (nSPS) is 19.3. The van der Waals surface area contributed by atoms with Crippen molar-refractivity contribution >= 4 is 0 Å². The number of hydrogen-bond acceptors (Lipinski definition) is 4. The molecule has 0 saturated carbocycles. The zero-order valence-corrected chi connectivity index (χ0v) is 10.2. The first-order valence-electron chi connectivity index (χ1n) is 6.09. The van der Waals surface area contributed by atoms with Crippen LogP contribution in [0.15, 0.2) is 4.42 Å². The Kier molecular flexibility index (Phi) is 3.89. The van der Waals surface area contributed by atoms with Crippen molar-refractivity contribution < 1.29 is 17.6 Å². The summed E-state index contributed by atoms with van der Waals surface area (Å²) in [6, 6.07) is 0. The molecule has 18 heavy (non-hydrogen) atoms. The Morgan fingerprint density at radius 2 is 1.83 bits per heavy atom. The molecule has 0 N–H and O–H groups in total. The Labute approximate surface area is 103 Å². The maximum Gasteiger partial charge on any atom is 0.391 e. The highest BCUT2D eigenvalue weighted by Crippen LogP contribution is 2.34. The summed E-state index contributed by atoms with van der Waals surface area (Å²) in [6.07, 6.45) is -3.09. The summed E-state index contributed by atoms with van der Waals surface area (Å²) < 4.78 is 42.8. The maximum atomic E-state index is 12.5. The van der Waals surface area contributed by atoms with Crippen molar-refractivity contribution in [1.29, 1.82) is 0 Å². The van der Waals surface area contributed by atoms with Crippen molar-refractivity contribution in [2.75, 3.05) is 13.1 Å². The van der Waals surface area contributed by atoms with E-state index in [1.54, 1.807) is 0 Å². The van der Waals surface area contributed by atoms with Crippen molar-refractivity contribution in [1.82, 2.24) is 15.1 Å². The minimum Gasteiger partial charge on any atom is -0.424 e. The van der Waals surface area contributed by atoms with E-state index in [9.17, 15) is 13.2 Å². The fraction of sp³-hybridized carbons (Fsp3) is 0.818. The Balaban J connectivity index is 1.83. The maximum absolute atomic E-state index is 12.5. The minimum atomic E-state index is -4.06. The van der Waals surface area contributed by atoms with Crippen LogP contribution in [-0.2, 0) is 13.0 Å². The standard InChI is InChI=1S/C11H16F3N3O/c1-2-9-15-16-10(18-9)7-17-5-3-8(4-6-17)11(12,13)14/h8H,2-7H2,1H3. The molecule has 0 amide bonds. The van der Waals surface area contributed by atoms with Crippen LogP contribution in [0.5, 0.6) is 0 Å². The summed E-state index contributed by atoms with van der Waals surface area (Å²) >= 11 is 0. The van der Waals surface area contributed by atoms with Crippen LogP contribution in [0.1, 0.15) is 31.5 Å². The van der Waals surface area contributed by atoms with E-state index < -0.39 is 12.1 Å². The smallest absolute Gasteiger partial charge is 0.391 e. The zero-order valence-electron chi connectivity index (χ0n) is 10.2. The van der Waals surface area contributed by atoms with Gasteiger partial charge in [0.15, 0.2) is 0 Å². The van der Waals surface area contributed by atoms with Crippen molar-refractivity contribution in [2.24, 2.45) is 5.92 Å². The fourth-order valence-electron chi connectivity index (χ4n) is 2.10. The monoisotopic (exact) mass is 263 g/mol. The van der Waals surface area contributed by atoms with Crippen LogP contribution in [0, 0.1) is 5.92 Å². The summed E-state index contributed by atoms with van der Waals surface area (Å²) in [5.74, 6) is -0.116. The summed E-state index contributed by atoms with van der Waals surface area (Å²) in [4.78, 5) is 1.93. The molecule has 1 aromatic rings. The van der Waals surface area contributed by atoms with E-state index in [0.29, 0.717) is 37.8 Å². The van der Waals surface area contributed by atoms with Crippen molar-refractivity contribution in [2.45, 2.75) is 38.9 Å². The summed E-state index contributed by atoms with van der Waals surface area (Å²) in [5, 5.41) is 7.70. The lowest BCUT2D eigenvalue weighted by molar-refractivity contribution is -0.185. The van der Waals surface area contributed by atoms with E-state index in [1.165, 1.54) is 0 Å². The van der Waals surface area contributed by atoms with Gasteiger partial charge in [-0.1, -0.05) is 6.92 Å². The minimum absolute atomic E-state index is 0.151. The molecule has 0 spiro atoms. The molecule has 0 atom stereocenters. The van der Waals surface area contributed by atoms with Gasteiger partial charge in [0.1, 0.15) is 0 Å². The fourth-order valence-corrected chi connectivity index (χ4v) is 2.10. The number of halogens is 3. The molecule has 1 saturated heterocycles. The van der Waals surface area contributed by atoms with E-state index in [2.05, 4.69) is 10.2 Å². The molecular formula is C11H16F3N3O. The van der Waals surface area contributed by atoms with Gasteiger partial charge in [-0.2, -0.15) is 13.2 Å². The Morgan fingerprint density at radius 3 is 2.33 bits per heavy atom. The lowest BCUT2D eigenvalue weighted by Gasteiger charge is -2.31. The predicted molar refractivity (Wildman–Crippen MR) is 57.7 cm³/mol. The van der Waals surface area contributed by atoms with Crippen LogP contribution >= 0.6 is 0 Å². The number of rotatable bonds is 3. The number of nitrogens with zero attached hydrogens (tertiary/aromatic N) is 3. The number of piperidine rings is 1. The molecule has 0 aliphatic carbocycles. The quantitative estimate of drug-likeness (QED) is 0.839. The molecule has 102 valence electrons. The topological polar surface area (TPSA) is 42.2 Å². The van der Waals surface area contributed by atoms with Gasteiger partial charge >= 0.3 is 6.18 Å². The molecular weight excluding hydrogens is 247 g/mol. The highest BCUT2D eigenvalue weighted by molar-refractivity contribution is 4.84. The molecule has 1 aromatic heterocycles. The summed E-state index contributed by atoms with van der Waals surface area (Å²) in [6.45, 7) is 3.20. The molecule has 0 aromatic carbocycles. The molecule has 1 fully saturated rings. The molecule has 1 aliphatic heterocycles. The van der Waals surface area contributed by atoms with E-state index >= 15 is 0 Å². The van der Waals surface area contributed by atoms with E-state index in [0.717, 1.165) is 0 Å². The predicted octanol–water partition coefficient (Wildman–Crippen LogP) is 2.41. The number of likely N-dealkylation sites (tertiary alicyclic amines) is 1. The van der Waals surface area contributed by atoms with Crippen molar-refractivity contribution in [3.05, 3.63) is 11.8 Å². The van der Waals surface area contributed by atoms with Gasteiger partial charge in [-0.05, 0) is 25.9 Å². The third-order valence-corrected chi connectivity index (χ3v) is 3.22. The largest absolute Gasteiger partial charge is 0.424 e. The summed E-state index contributed by atoms with van der Waals surface area (Å²) in [5.41, 5.74) is 0. The lowest BCUT2D eigenvalue weighted by Crippen LogP contribution is -2.38. The Bertz CT molecular complexity index is 383. The van der Waals surface area contributed by atoms with Gasteiger partial charge in [-0.3, -0.25) is 4.90 Å². The third-order valence-electron chi connectivity index (χ3n) is 3.22. The first-order valence-corrected chi connectivity index (χ1v) is 6.09. The van der Waals surface area contributed by atoms with Crippen LogP contribution in [-0.4, -0.2) is 34.4 Å². The van der Waals surface area contributed by atoms with Gasteiger partial charge in [0, 0.05) is 6.42 Å². The van der Waals surface area contributed by atoms with E-state index in [1.807, 2.05) is 11.8 Å². The molecule has 7 heteroatoms. The van der Waals surface area contributed by atoms with Crippen LogP contribution in [0.25, 0.3) is 0 Å². The number of aryl methyl sites for hydroxylation is 1. The van der Waals surface area contributed by atoms with Gasteiger partial charge < -0.3 is 4.42 Å². The number of aromatic nitrogens is 2. The van der Waals surface area contributed by atoms with Gasteiger partial charge in [-0.15, -0.1) is 10.2 Å². The second kappa shape index (κ2) is 5.26. The Morgan fingerprint density at radius 1 is 1.22 bits per heavy atom. The SMILES string of the molecule is CCc1nnc(CN2CCC(C(F)(F)F)CC2)o1. The van der Waals surface area contributed by atoms with Crippen LogP contribution in [0.2, 0.25) is 0 Å². The number of hydrogen-bond donors (Lipinski definition) is 0. The first kappa shape index (κ1) is 13.3. The zero-order chi connectivity index (χ0) is 13.2. The molecule has 2 rings (SSSR count). The van der Waals surface area contributed by atoms with Crippen molar-refractivity contribution in [3.8, 4) is 0 Å². The molecule has 4 nitrogen and oxygen atoms in total. The van der Waals surface area contributed by atoms with Crippen molar-refractivity contribution in [3.63, 3.8) is 0 Å². The second-order valence-corrected chi connectivity index (χ2v) is 4.54. The molecule has 0 unspecified atom stereocenters. The molecule has 0 radical (unpaired) electrons. The molecule has 0 bridgehead atoms. The van der Waals surface area contributed by atoms with Crippen LogP contribution in [0.3, 0.4) is 0 Å². The van der Waals surface area contributed by atoms with Gasteiger partial charge in [0.2, 0.25) is 11.8 Å². The van der Waals surface area contributed by atoms with Gasteiger partial charge in [0.05, 0.1) is 12.5 Å². The van der Waals surface area contributed by atoms with Gasteiger partial charge in [-0.25, -0.2) is 0 Å². The summed E-state index contributed by atoms with van der Waals surface area (Å²) in [7, 11) is 0. The highest BCUT2D eigenvalue weighted by Gasteiger charge is 2.41. The third kappa shape index (κ3) is 3.22. The molecule has 1 aliphatic rings. The molecule has 2 heterocycles. The highest BCUT2D eigenvalue weighted by atomic mass is 19.4. The first-order chi connectivity index (χ1) is 8.49. The second-order valence-electron chi connectivity index (χ2n) is 4.54. The van der Waals surface area contributed by atoms with E-state index in [-0.39, 0.29) is 12.8 Å². The average molecular weight is 263 g/mol. The van der Waals surface area contributed by atoms with Gasteiger partial charge in [0.25, 0.3) is 0 Å². The van der Waals surface area contributed by atoms with Crippen LogP contribution < -0.4 is 0 Å². The Hall–Kier alpha value is -1.11. The van der Waals surface area contributed by atoms with E-state index in [4.69, 9.17) is 4.42 Å². The van der Waals surface area contributed by atoms with Crippen LogP contribution in [0.4, 0.5) is 13.2 Å². The lowest BCUT2D eigenvalue weighted by atomic mass is 9.96. The average Bonchev–Trinajstić information content (AvgIpc) is 2.76. The number of alkyl halides is 3.